The van der Waals surface area contributed by atoms with Crippen molar-refractivity contribution in [3.05, 3.63) is 48.0 Å². The van der Waals surface area contributed by atoms with Gasteiger partial charge < -0.3 is 10.2 Å². The molecule has 0 amide bonds. The van der Waals surface area contributed by atoms with Gasteiger partial charge in [-0.25, -0.2) is 9.97 Å². The molecule has 0 fully saturated rings. The molecule has 2 aromatic rings. The third kappa shape index (κ3) is 2.57. The molecule has 0 saturated heterocycles. The molecule has 0 aliphatic heterocycles. The fourth-order valence-electron chi connectivity index (χ4n) is 1.30. The quantitative estimate of drug-likeness (QED) is 0.803. The predicted molar refractivity (Wildman–Crippen MR) is 60.7 cm³/mol. The van der Waals surface area contributed by atoms with Crippen molar-refractivity contribution >= 4 is 12.2 Å². The number of rotatable bonds is 2. The minimum absolute atomic E-state index is 0.0299. The van der Waals surface area contributed by atoms with Gasteiger partial charge in [0, 0.05) is 12.3 Å². The molecular weight excluding hydrogens is 204 g/mol. The Morgan fingerprint density at radius 1 is 1.00 bits per heavy atom. The fraction of sp³-hybridized carbons (Fsp3) is 0. The molecular formula is C12H10N2O2. The number of hydrogen-bond donors (Lipinski definition) is 2. The topological polar surface area (TPSA) is 66.2 Å². The van der Waals surface area contributed by atoms with Crippen molar-refractivity contribution in [3.63, 3.8) is 0 Å². The van der Waals surface area contributed by atoms with Crippen molar-refractivity contribution in [2.75, 3.05) is 0 Å². The van der Waals surface area contributed by atoms with Gasteiger partial charge in [0.05, 0.1) is 5.69 Å². The summed E-state index contributed by atoms with van der Waals surface area (Å²) in [5.41, 5.74) is 1.47. The smallest absolute Gasteiger partial charge is 0.119 e. The normalized spacial score (nSPS) is 10.8. The van der Waals surface area contributed by atoms with Gasteiger partial charge in [0.1, 0.15) is 17.8 Å². The Bertz CT molecular complexity index is 489. The number of benzene rings is 1. The van der Waals surface area contributed by atoms with Crippen molar-refractivity contribution < 1.29 is 10.2 Å². The van der Waals surface area contributed by atoms with E-state index in [0.717, 1.165) is 5.69 Å². The first-order valence-corrected chi connectivity index (χ1v) is 4.71. The second kappa shape index (κ2) is 4.44. The van der Waals surface area contributed by atoms with Gasteiger partial charge in [-0.3, -0.25) is 0 Å². The summed E-state index contributed by atoms with van der Waals surface area (Å²) in [6.07, 6.45) is 6.63. The highest BCUT2D eigenvalue weighted by Gasteiger charge is 1.95. The molecule has 0 aliphatic rings. The molecule has 4 nitrogen and oxygen atoms in total. The zero-order valence-corrected chi connectivity index (χ0v) is 8.41. The summed E-state index contributed by atoms with van der Waals surface area (Å²) in [5.74, 6) is 0.0599. The van der Waals surface area contributed by atoms with Crippen LogP contribution in [-0.4, -0.2) is 20.2 Å². The van der Waals surface area contributed by atoms with E-state index in [0.29, 0.717) is 5.56 Å². The molecule has 4 heteroatoms. The molecule has 1 aromatic carbocycles. The minimum Gasteiger partial charge on any atom is -0.508 e. The second-order valence-corrected chi connectivity index (χ2v) is 3.25. The van der Waals surface area contributed by atoms with Gasteiger partial charge in [-0.2, -0.15) is 0 Å². The first-order valence-electron chi connectivity index (χ1n) is 4.71. The summed E-state index contributed by atoms with van der Waals surface area (Å²) in [6, 6.07) is 6.15. The highest BCUT2D eigenvalue weighted by molar-refractivity contribution is 5.69. The van der Waals surface area contributed by atoms with Gasteiger partial charge in [0.2, 0.25) is 0 Å². The van der Waals surface area contributed by atoms with Crippen molar-refractivity contribution in [1.29, 1.82) is 0 Å². The van der Waals surface area contributed by atoms with Gasteiger partial charge in [0.15, 0.2) is 0 Å². The van der Waals surface area contributed by atoms with E-state index < -0.39 is 0 Å². The van der Waals surface area contributed by atoms with Gasteiger partial charge >= 0.3 is 0 Å². The summed E-state index contributed by atoms with van der Waals surface area (Å²) in [4.78, 5) is 7.82. The summed E-state index contributed by atoms with van der Waals surface area (Å²) < 4.78 is 0. The lowest BCUT2D eigenvalue weighted by molar-refractivity contribution is 0.450. The number of hydrogen-bond acceptors (Lipinski definition) is 4. The van der Waals surface area contributed by atoms with Crippen molar-refractivity contribution in [3.8, 4) is 11.5 Å². The van der Waals surface area contributed by atoms with Gasteiger partial charge in [-0.15, -0.1) is 0 Å². The molecule has 80 valence electrons. The third-order valence-corrected chi connectivity index (χ3v) is 1.98. The SMILES string of the molecule is Oc1cc(O)cc(/C=C/c2ccncn2)c1. The van der Waals surface area contributed by atoms with Gasteiger partial charge in [0.25, 0.3) is 0 Å². The standard InChI is InChI=1S/C12H10N2O2/c15-11-5-9(6-12(16)7-11)1-2-10-3-4-13-8-14-10/h1-8,15-16H/b2-1+. The fourth-order valence-corrected chi connectivity index (χ4v) is 1.30. The highest BCUT2D eigenvalue weighted by Crippen LogP contribution is 2.21. The summed E-state index contributed by atoms with van der Waals surface area (Å²) >= 11 is 0. The van der Waals surface area contributed by atoms with Crippen molar-refractivity contribution in [2.45, 2.75) is 0 Å². The zero-order valence-electron chi connectivity index (χ0n) is 8.41. The highest BCUT2D eigenvalue weighted by atomic mass is 16.3. The van der Waals surface area contributed by atoms with Crippen LogP contribution >= 0.6 is 0 Å². The molecule has 1 heterocycles. The number of aromatic hydroxyl groups is 2. The molecule has 1 aromatic heterocycles. The number of phenolic OH excluding ortho intramolecular Hbond substituents is 2. The number of phenols is 2. The first kappa shape index (κ1) is 10.2. The van der Waals surface area contributed by atoms with Crippen LogP contribution in [0.15, 0.2) is 36.8 Å². The van der Waals surface area contributed by atoms with E-state index in [1.165, 1.54) is 12.4 Å². The number of nitrogens with zero attached hydrogens (tertiary/aromatic N) is 2. The lowest BCUT2D eigenvalue weighted by atomic mass is 10.2. The van der Waals surface area contributed by atoms with Crippen LogP contribution in [0.4, 0.5) is 0 Å². The van der Waals surface area contributed by atoms with Crippen LogP contribution in [0.2, 0.25) is 0 Å². The van der Waals surface area contributed by atoms with Crippen LogP contribution in [0.25, 0.3) is 12.2 Å². The van der Waals surface area contributed by atoms with Crippen LogP contribution in [0.1, 0.15) is 11.3 Å². The van der Waals surface area contributed by atoms with E-state index in [2.05, 4.69) is 9.97 Å². The largest absolute Gasteiger partial charge is 0.508 e. The molecule has 0 bridgehead atoms. The van der Waals surface area contributed by atoms with Gasteiger partial charge in [-0.1, -0.05) is 6.08 Å². The van der Waals surface area contributed by atoms with E-state index in [1.54, 1.807) is 36.5 Å². The average Bonchev–Trinajstić information content (AvgIpc) is 2.27. The van der Waals surface area contributed by atoms with Crippen molar-refractivity contribution in [2.24, 2.45) is 0 Å². The Morgan fingerprint density at radius 3 is 2.38 bits per heavy atom. The number of aromatic nitrogens is 2. The van der Waals surface area contributed by atoms with E-state index in [4.69, 9.17) is 0 Å². The van der Waals surface area contributed by atoms with E-state index in [1.807, 2.05) is 0 Å². The minimum atomic E-state index is 0.0299. The second-order valence-electron chi connectivity index (χ2n) is 3.25. The van der Waals surface area contributed by atoms with E-state index in [-0.39, 0.29) is 11.5 Å². The van der Waals surface area contributed by atoms with Crippen LogP contribution in [0, 0.1) is 0 Å². The molecule has 0 radical (unpaired) electrons. The van der Waals surface area contributed by atoms with Crippen LogP contribution < -0.4 is 0 Å². The van der Waals surface area contributed by atoms with Crippen molar-refractivity contribution in [1.82, 2.24) is 9.97 Å². The summed E-state index contributed by atoms with van der Waals surface area (Å²) in [5, 5.41) is 18.5. The molecule has 0 atom stereocenters. The lowest BCUT2D eigenvalue weighted by Crippen LogP contribution is -1.80. The Morgan fingerprint density at radius 2 is 1.75 bits per heavy atom. The van der Waals surface area contributed by atoms with Gasteiger partial charge in [-0.05, 0) is 29.8 Å². The van der Waals surface area contributed by atoms with E-state index in [9.17, 15) is 10.2 Å². The summed E-state index contributed by atoms with van der Waals surface area (Å²) in [7, 11) is 0. The van der Waals surface area contributed by atoms with Crippen LogP contribution in [0.3, 0.4) is 0 Å². The zero-order chi connectivity index (χ0) is 11.4. The molecule has 0 aliphatic carbocycles. The average molecular weight is 214 g/mol. The Labute approximate surface area is 92.6 Å². The Kier molecular flexibility index (Phi) is 2.82. The molecule has 0 unspecified atom stereocenters. The van der Waals surface area contributed by atoms with Crippen LogP contribution in [0.5, 0.6) is 11.5 Å². The monoisotopic (exact) mass is 214 g/mol. The van der Waals surface area contributed by atoms with E-state index >= 15 is 0 Å². The first-order chi connectivity index (χ1) is 7.74. The summed E-state index contributed by atoms with van der Waals surface area (Å²) in [6.45, 7) is 0. The molecule has 0 saturated carbocycles. The maximum absolute atomic E-state index is 9.27. The maximum Gasteiger partial charge on any atom is 0.119 e. The Balaban J connectivity index is 2.24. The lowest BCUT2D eigenvalue weighted by Gasteiger charge is -1.97. The molecule has 2 N–H and O–H groups in total. The molecule has 16 heavy (non-hydrogen) atoms. The Hall–Kier alpha value is -2.36. The predicted octanol–water partition coefficient (Wildman–Crippen LogP) is 2.06. The maximum atomic E-state index is 9.27. The third-order valence-electron chi connectivity index (χ3n) is 1.98. The molecule has 2 rings (SSSR count). The van der Waals surface area contributed by atoms with Crippen LogP contribution in [-0.2, 0) is 0 Å². The molecule has 0 spiro atoms.